The average Bonchev–Trinajstić information content (AvgIpc) is 2.67. The van der Waals surface area contributed by atoms with Crippen LogP contribution in [-0.2, 0) is 19.6 Å². The van der Waals surface area contributed by atoms with E-state index in [1.165, 1.54) is 6.07 Å². The number of anilines is 1. The minimum absolute atomic E-state index is 0.115. The van der Waals surface area contributed by atoms with Gasteiger partial charge in [-0.05, 0) is 56.2 Å². The Bertz CT molecular complexity index is 1030. The quantitative estimate of drug-likeness (QED) is 0.782. The van der Waals surface area contributed by atoms with E-state index in [4.69, 9.17) is 0 Å². The SMILES string of the molecule is Cc1ccc(NC(=O)CC2C(=O)NCCN2S(=O)(=O)c2ccc(C)c(C)c2)cc1. The number of nitrogens with one attached hydrogen (secondary N) is 2. The normalized spacial score (nSPS) is 17.6. The zero-order valence-corrected chi connectivity index (χ0v) is 17.5. The van der Waals surface area contributed by atoms with Crippen LogP contribution in [0, 0.1) is 20.8 Å². The summed E-state index contributed by atoms with van der Waals surface area (Å²) >= 11 is 0. The Morgan fingerprint density at radius 2 is 1.79 bits per heavy atom. The van der Waals surface area contributed by atoms with E-state index in [0.29, 0.717) is 5.69 Å². The number of benzene rings is 2. The lowest BCUT2D eigenvalue weighted by Crippen LogP contribution is -2.57. The highest BCUT2D eigenvalue weighted by atomic mass is 32.2. The lowest BCUT2D eigenvalue weighted by atomic mass is 10.1. The number of hydrogen-bond acceptors (Lipinski definition) is 4. The maximum atomic E-state index is 13.2. The van der Waals surface area contributed by atoms with Crippen molar-refractivity contribution in [2.45, 2.75) is 38.1 Å². The summed E-state index contributed by atoms with van der Waals surface area (Å²) < 4.78 is 27.5. The molecule has 2 aromatic rings. The Labute approximate surface area is 171 Å². The van der Waals surface area contributed by atoms with E-state index in [1.54, 1.807) is 24.3 Å². The standard InChI is InChI=1S/C21H25N3O4S/c1-14-4-7-17(8-5-14)23-20(25)13-19-21(26)22-10-11-24(19)29(27,28)18-9-6-15(2)16(3)12-18/h4-9,12,19H,10-11,13H2,1-3H3,(H,22,26)(H,23,25). The summed E-state index contributed by atoms with van der Waals surface area (Å²) in [5, 5.41) is 5.38. The van der Waals surface area contributed by atoms with Gasteiger partial charge in [-0.25, -0.2) is 8.42 Å². The summed E-state index contributed by atoms with van der Waals surface area (Å²) in [5.74, 6) is -0.890. The van der Waals surface area contributed by atoms with Crippen molar-refractivity contribution in [3.05, 3.63) is 59.2 Å². The molecule has 1 heterocycles. The molecule has 7 nitrogen and oxygen atoms in total. The molecule has 8 heteroatoms. The van der Waals surface area contributed by atoms with E-state index in [0.717, 1.165) is 21.0 Å². The fraction of sp³-hybridized carbons (Fsp3) is 0.333. The zero-order valence-electron chi connectivity index (χ0n) is 16.7. The van der Waals surface area contributed by atoms with E-state index in [2.05, 4.69) is 10.6 Å². The second-order valence-electron chi connectivity index (χ2n) is 7.29. The van der Waals surface area contributed by atoms with Gasteiger partial charge in [0.05, 0.1) is 11.3 Å². The highest BCUT2D eigenvalue weighted by molar-refractivity contribution is 7.89. The third-order valence-electron chi connectivity index (χ3n) is 5.08. The Hall–Kier alpha value is -2.71. The van der Waals surface area contributed by atoms with Crippen LogP contribution in [0.2, 0.25) is 0 Å². The Balaban J connectivity index is 1.83. The van der Waals surface area contributed by atoms with Crippen LogP contribution >= 0.6 is 0 Å². The Morgan fingerprint density at radius 1 is 1.10 bits per heavy atom. The van der Waals surface area contributed by atoms with Gasteiger partial charge < -0.3 is 10.6 Å². The first-order valence-electron chi connectivity index (χ1n) is 9.42. The van der Waals surface area contributed by atoms with Crippen molar-refractivity contribution in [2.75, 3.05) is 18.4 Å². The van der Waals surface area contributed by atoms with Crippen LogP contribution in [0.15, 0.2) is 47.4 Å². The smallest absolute Gasteiger partial charge is 0.243 e. The Morgan fingerprint density at radius 3 is 2.45 bits per heavy atom. The van der Waals surface area contributed by atoms with Gasteiger partial charge in [0.1, 0.15) is 6.04 Å². The van der Waals surface area contributed by atoms with Crippen molar-refractivity contribution in [1.29, 1.82) is 0 Å². The number of nitrogens with zero attached hydrogens (tertiary/aromatic N) is 1. The van der Waals surface area contributed by atoms with Gasteiger partial charge in [-0.2, -0.15) is 4.31 Å². The number of carbonyl (C=O) groups excluding carboxylic acids is 2. The van der Waals surface area contributed by atoms with Crippen LogP contribution in [0.4, 0.5) is 5.69 Å². The van der Waals surface area contributed by atoms with Gasteiger partial charge in [-0.1, -0.05) is 23.8 Å². The first-order valence-corrected chi connectivity index (χ1v) is 10.9. The summed E-state index contributed by atoms with van der Waals surface area (Å²) in [5.41, 5.74) is 3.48. The zero-order chi connectivity index (χ0) is 21.2. The number of rotatable bonds is 5. The van der Waals surface area contributed by atoms with E-state index < -0.39 is 27.9 Å². The van der Waals surface area contributed by atoms with Gasteiger partial charge in [0.25, 0.3) is 0 Å². The molecule has 1 aliphatic heterocycles. The third kappa shape index (κ3) is 4.65. The van der Waals surface area contributed by atoms with E-state index in [9.17, 15) is 18.0 Å². The van der Waals surface area contributed by atoms with Gasteiger partial charge in [0, 0.05) is 18.8 Å². The van der Waals surface area contributed by atoms with Crippen molar-refractivity contribution in [2.24, 2.45) is 0 Å². The molecule has 2 aromatic carbocycles. The lowest BCUT2D eigenvalue weighted by molar-refractivity contribution is -0.130. The van der Waals surface area contributed by atoms with Crippen molar-refractivity contribution in [1.82, 2.24) is 9.62 Å². The molecule has 0 saturated carbocycles. The maximum absolute atomic E-state index is 13.2. The maximum Gasteiger partial charge on any atom is 0.243 e. The van der Waals surface area contributed by atoms with Gasteiger partial charge in [0.2, 0.25) is 21.8 Å². The fourth-order valence-corrected chi connectivity index (χ4v) is 4.88. The molecule has 0 bridgehead atoms. The first-order chi connectivity index (χ1) is 13.7. The van der Waals surface area contributed by atoms with Crippen LogP contribution in [0.5, 0.6) is 0 Å². The Kier molecular flexibility index (Phi) is 6.04. The molecule has 0 radical (unpaired) electrons. The van der Waals surface area contributed by atoms with E-state index in [1.807, 2.05) is 32.9 Å². The summed E-state index contributed by atoms with van der Waals surface area (Å²) in [6, 6.07) is 11.0. The molecule has 2 N–H and O–H groups in total. The predicted molar refractivity (Wildman–Crippen MR) is 111 cm³/mol. The lowest BCUT2D eigenvalue weighted by Gasteiger charge is -2.33. The monoisotopic (exact) mass is 415 g/mol. The second-order valence-corrected chi connectivity index (χ2v) is 9.18. The fourth-order valence-electron chi connectivity index (χ4n) is 3.21. The molecule has 154 valence electrons. The highest BCUT2D eigenvalue weighted by Gasteiger charge is 2.39. The molecule has 29 heavy (non-hydrogen) atoms. The molecule has 1 aliphatic rings. The van der Waals surface area contributed by atoms with Crippen molar-refractivity contribution >= 4 is 27.5 Å². The van der Waals surface area contributed by atoms with Crippen molar-refractivity contribution < 1.29 is 18.0 Å². The van der Waals surface area contributed by atoms with Gasteiger partial charge in [0.15, 0.2) is 0 Å². The predicted octanol–water partition coefficient (Wildman–Crippen LogP) is 2.13. The average molecular weight is 416 g/mol. The largest absolute Gasteiger partial charge is 0.353 e. The number of aryl methyl sites for hydroxylation is 3. The van der Waals surface area contributed by atoms with E-state index in [-0.39, 0.29) is 24.4 Å². The number of hydrogen-bond donors (Lipinski definition) is 2. The molecule has 1 atom stereocenters. The number of amides is 2. The number of piperazine rings is 1. The molecule has 2 amide bonds. The minimum Gasteiger partial charge on any atom is -0.353 e. The van der Waals surface area contributed by atoms with Crippen molar-refractivity contribution in [3.8, 4) is 0 Å². The topological polar surface area (TPSA) is 95.6 Å². The summed E-state index contributed by atoms with van der Waals surface area (Å²) in [6.45, 7) is 6.00. The molecule has 0 spiro atoms. The number of sulfonamides is 1. The van der Waals surface area contributed by atoms with Crippen molar-refractivity contribution in [3.63, 3.8) is 0 Å². The molecule has 1 saturated heterocycles. The van der Waals surface area contributed by atoms with Crippen LogP contribution in [0.3, 0.4) is 0 Å². The summed E-state index contributed by atoms with van der Waals surface area (Å²) in [6.07, 6.45) is -0.260. The molecule has 1 fully saturated rings. The van der Waals surface area contributed by atoms with Gasteiger partial charge in [-0.3, -0.25) is 9.59 Å². The van der Waals surface area contributed by atoms with E-state index >= 15 is 0 Å². The molecular formula is C21H25N3O4S. The molecule has 0 aliphatic carbocycles. The van der Waals surface area contributed by atoms with Crippen LogP contribution in [0.1, 0.15) is 23.1 Å². The highest BCUT2D eigenvalue weighted by Crippen LogP contribution is 2.24. The second kappa shape index (κ2) is 8.34. The molecule has 0 aromatic heterocycles. The summed E-state index contributed by atoms with van der Waals surface area (Å²) in [7, 11) is -3.91. The number of carbonyl (C=O) groups is 2. The molecule has 3 rings (SSSR count). The third-order valence-corrected chi connectivity index (χ3v) is 6.98. The minimum atomic E-state index is -3.91. The molecular weight excluding hydrogens is 390 g/mol. The van der Waals surface area contributed by atoms with Crippen LogP contribution in [-0.4, -0.2) is 43.7 Å². The molecule has 1 unspecified atom stereocenters. The van der Waals surface area contributed by atoms with Gasteiger partial charge in [-0.15, -0.1) is 0 Å². The van der Waals surface area contributed by atoms with Crippen LogP contribution in [0.25, 0.3) is 0 Å². The first kappa shape index (κ1) is 21.0. The summed E-state index contributed by atoms with van der Waals surface area (Å²) in [4.78, 5) is 25.1. The van der Waals surface area contributed by atoms with Gasteiger partial charge >= 0.3 is 0 Å². The van der Waals surface area contributed by atoms with Crippen LogP contribution < -0.4 is 10.6 Å².